The van der Waals surface area contributed by atoms with Crippen molar-refractivity contribution >= 4 is 57.2 Å². The van der Waals surface area contributed by atoms with Crippen LogP contribution in [0.25, 0.3) is 0 Å². The first-order valence-electron chi connectivity index (χ1n) is 7.54. The van der Waals surface area contributed by atoms with Gasteiger partial charge in [0.2, 0.25) is 11.6 Å². The normalized spacial score (nSPS) is 10.4. The van der Waals surface area contributed by atoms with Gasteiger partial charge in [0.15, 0.2) is 0 Å². The maximum Gasteiger partial charge on any atom is 0.353 e. The van der Waals surface area contributed by atoms with Crippen molar-refractivity contribution in [3.05, 3.63) is 79.1 Å². The molecule has 0 saturated heterocycles. The molecular weight excluding hydrogens is 469 g/mol. The molecule has 2 aromatic carbocycles. The zero-order valence-electron chi connectivity index (χ0n) is 13.3. The van der Waals surface area contributed by atoms with Gasteiger partial charge < -0.3 is 10.6 Å². The highest BCUT2D eigenvalue weighted by Crippen LogP contribution is 2.31. The molecule has 1 aromatic heterocycles. The first kappa shape index (κ1) is 18.3. The molecule has 1 heterocycles. The van der Waals surface area contributed by atoms with Gasteiger partial charge in [0.05, 0.1) is 4.92 Å². The Labute approximate surface area is 168 Å². The van der Waals surface area contributed by atoms with Crippen LogP contribution in [0.2, 0.25) is 5.02 Å². The van der Waals surface area contributed by atoms with Gasteiger partial charge in [-0.05, 0) is 58.5 Å². The summed E-state index contributed by atoms with van der Waals surface area (Å²) in [5, 5.41) is 18.1. The molecule has 0 unspecified atom stereocenters. The van der Waals surface area contributed by atoms with Crippen LogP contribution in [0.1, 0.15) is 5.56 Å². The molecule has 0 saturated carbocycles. The number of halogens is 2. The Hall–Kier alpha value is -2.46. The summed E-state index contributed by atoms with van der Waals surface area (Å²) in [6, 6.07) is 14.7. The summed E-state index contributed by atoms with van der Waals surface area (Å²) in [5.41, 5.74) is 1.29. The third-order valence-corrected chi connectivity index (χ3v) is 4.60. The van der Waals surface area contributed by atoms with Crippen LogP contribution in [0, 0.1) is 13.7 Å². The standard InChI is InChI=1S/C17H13ClIN5O2/c18-14-4-2-1-3-11(14)9-20-16-15(24(25)26)17(22-10-21-16)23-13-7-5-12(19)6-8-13/h1-8,10H,9H2,(H2,20,21,22,23). The molecule has 132 valence electrons. The van der Waals surface area contributed by atoms with Crippen LogP contribution in [0.4, 0.5) is 23.0 Å². The predicted molar refractivity (Wildman–Crippen MR) is 110 cm³/mol. The van der Waals surface area contributed by atoms with E-state index in [2.05, 4.69) is 43.2 Å². The molecule has 7 nitrogen and oxygen atoms in total. The Morgan fingerprint density at radius 3 is 2.46 bits per heavy atom. The van der Waals surface area contributed by atoms with Crippen LogP contribution in [0.3, 0.4) is 0 Å². The van der Waals surface area contributed by atoms with E-state index in [0.29, 0.717) is 17.3 Å². The van der Waals surface area contributed by atoms with Crippen molar-refractivity contribution < 1.29 is 4.92 Å². The quantitative estimate of drug-likeness (QED) is 0.292. The lowest BCUT2D eigenvalue weighted by Crippen LogP contribution is -2.08. The second-order valence-electron chi connectivity index (χ2n) is 5.25. The van der Waals surface area contributed by atoms with E-state index in [9.17, 15) is 10.1 Å². The zero-order valence-corrected chi connectivity index (χ0v) is 16.2. The number of hydrogen-bond donors (Lipinski definition) is 2. The highest BCUT2D eigenvalue weighted by molar-refractivity contribution is 14.1. The van der Waals surface area contributed by atoms with Gasteiger partial charge in [-0.1, -0.05) is 29.8 Å². The molecule has 0 amide bonds. The SMILES string of the molecule is O=[N+]([O-])c1c(NCc2ccccc2Cl)ncnc1Nc1ccc(I)cc1. The number of rotatable bonds is 6. The minimum atomic E-state index is -0.510. The summed E-state index contributed by atoms with van der Waals surface area (Å²) in [4.78, 5) is 19.1. The van der Waals surface area contributed by atoms with Gasteiger partial charge in [0.25, 0.3) is 0 Å². The minimum absolute atomic E-state index is 0.118. The van der Waals surface area contributed by atoms with Gasteiger partial charge in [-0.3, -0.25) is 10.1 Å². The Balaban J connectivity index is 1.87. The average molecular weight is 482 g/mol. The van der Waals surface area contributed by atoms with Crippen molar-refractivity contribution in [2.24, 2.45) is 0 Å². The van der Waals surface area contributed by atoms with Gasteiger partial charge in [-0.15, -0.1) is 0 Å². The molecule has 0 spiro atoms. The Morgan fingerprint density at radius 2 is 1.77 bits per heavy atom. The summed E-state index contributed by atoms with van der Waals surface area (Å²) in [5.74, 6) is 0.241. The fourth-order valence-electron chi connectivity index (χ4n) is 2.26. The van der Waals surface area contributed by atoms with E-state index in [0.717, 1.165) is 9.13 Å². The van der Waals surface area contributed by atoms with Crippen LogP contribution < -0.4 is 10.6 Å². The Morgan fingerprint density at radius 1 is 1.08 bits per heavy atom. The lowest BCUT2D eigenvalue weighted by molar-refractivity contribution is -0.383. The maximum atomic E-state index is 11.6. The van der Waals surface area contributed by atoms with E-state index >= 15 is 0 Å². The van der Waals surface area contributed by atoms with Gasteiger partial charge in [0.1, 0.15) is 6.33 Å². The number of nitrogens with zero attached hydrogens (tertiary/aromatic N) is 3. The van der Waals surface area contributed by atoms with E-state index in [4.69, 9.17) is 11.6 Å². The monoisotopic (exact) mass is 481 g/mol. The lowest BCUT2D eigenvalue weighted by Gasteiger charge is -2.11. The Kier molecular flexibility index (Phi) is 5.84. The molecule has 0 fully saturated rings. The molecule has 0 radical (unpaired) electrons. The molecule has 26 heavy (non-hydrogen) atoms. The largest absolute Gasteiger partial charge is 0.360 e. The van der Waals surface area contributed by atoms with Crippen molar-refractivity contribution in [2.45, 2.75) is 6.54 Å². The third-order valence-electron chi connectivity index (χ3n) is 3.52. The summed E-state index contributed by atoms with van der Waals surface area (Å²) in [6.07, 6.45) is 1.27. The van der Waals surface area contributed by atoms with E-state index in [1.54, 1.807) is 6.07 Å². The first-order valence-corrected chi connectivity index (χ1v) is 8.99. The highest BCUT2D eigenvalue weighted by atomic mass is 127. The molecule has 0 aliphatic carbocycles. The van der Waals surface area contributed by atoms with Crippen LogP contribution in [-0.4, -0.2) is 14.9 Å². The van der Waals surface area contributed by atoms with Crippen LogP contribution >= 0.6 is 34.2 Å². The van der Waals surface area contributed by atoms with Crippen LogP contribution in [0.15, 0.2) is 54.9 Å². The van der Waals surface area contributed by atoms with Gasteiger partial charge in [-0.25, -0.2) is 9.97 Å². The second-order valence-corrected chi connectivity index (χ2v) is 6.91. The smallest absolute Gasteiger partial charge is 0.353 e. The van der Waals surface area contributed by atoms with Crippen molar-refractivity contribution in [1.29, 1.82) is 0 Å². The summed E-state index contributed by atoms with van der Waals surface area (Å²) in [6.45, 7) is 0.306. The van der Waals surface area contributed by atoms with Crippen LogP contribution in [0.5, 0.6) is 0 Å². The number of anilines is 3. The first-order chi connectivity index (χ1) is 12.5. The van der Waals surface area contributed by atoms with E-state index in [-0.39, 0.29) is 17.3 Å². The minimum Gasteiger partial charge on any atom is -0.360 e. The molecule has 3 rings (SSSR count). The number of aromatic nitrogens is 2. The molecule has 2 N–H and O–H groups in total. The average Bonchev–Trinajstić information content (AvgIpc) is 2.63. The van der Waals surface area contributed by atoms with E-state index in [1.807, 2.05) is 42.5 Å². The van der Waals surface area contributed by atoms with Crippen molar-refractivity contribution in [3.63, 3.8) is 0 Å². The number of benzene rings is 2. The highest BCUT2D eigenvalue weighted by Gasteiger charge is 2.23. The molecule has 3 aromatic rings. The predicted octanol–water partition coefficient (Wildman–Crippen LogP) is 5.00. The van der Waals surface area contributed by atoms with Crippen LogP contribution in [-0.2, 0) is 6.54 Å². The number of hydrogen-bond acceptors (Lipinski definition) is 6. The van der Waals surface area contributed by atoms with Crippen molar-refractivity contribution in [3.8, 4) is 0 Å². The van der Waals surface area contributed by atoms with E-state index in [1.165, 1.54) is 6.33 Å². The van der Waals surface area contributed by atoms with Crippen molar-refractivity contribution in [2.75, 3.05) is 10.6 Å². The maximum absolute atomic E-state index is 11.6. The topological polar surface area (TPSA) is 93.0 Å². The van der Waals surface area contributed by atoms with E-state index < -0.39 is 4.92 Å². The second kappa shape index (κ2) is 8.28. The van der Waals surface area contributed by atoms with Gasteiger partial charge >= 0.3 is 5.69 Å². The number of nitro groups is 1. The molecule has 0 bridgehead atoms. The summed E-state index contributed by atoms with van der Waals surface area (Å²) in [7, 11) is 0. The fraction of sp³-hybridized carbons (Fsp3) is 0.0588. The van der Waals surface area contributed by atoms with Gasteiger partial charge in [-0.2, -0.15) is 0 Å². The van der Waals surface area contributed by atoms with Gasteiger partial charge in [0, 0.05) is 20.8 Å². The molecular formula is C17H13ClIN5O2. The third kappa shape index (κ3) is 4.38. The number of nitrogens with one attached hydrogen (secondary N) is 2. The lowest BCUT2D eigenvalue weighted by atomic mass is 10.2. The van der Waals surface area contributed by atoms with Crippen molar-refractivity contribution in [1.82, 2.24) is 9.97 Å². The molecule has 0 aliphatic rings. The molecule has 0 aliphatic heterocycles. The summed E-state index contributed by atoms with van der Waals surface area (Å²) < 4.78 is 1.06. The Bertz CT molecular complexity index is 937. The molecule has 0 atom stereocenters. The fourth-order valence-corrected chi connectivity index (χ4v) is 2.83. The summed E-state index contributed by atoms with van der Waals surface area (Å²) >= 11 is 8.31. The molecule has 9 heteroatoms. The zero-order chi connectivity index (χ0) is 18.5.